The molecular formula is C20H16N2O6S. The van der Waals surface area contributed by atoms with Crippen molar-refractivity contribution in [2.45, 2.75) is 6.92 Å². The van der Waals surface area contributed by atoms with Crippen molar-refractivity contribution in [1.29, 1.82) is 0 Å². The van der Waals surface area contributed by atoms with Crippen LogP contribution in [0, 0.1) is 0 Å². The molecule has 148 valence electrons. The highest BCUT2D eigenvalue weighted by molar-refractivity contribution is 7.22. The molecule has 0 aliphatic carbocycles. The van der Waals surface area contributed by atoms with Crippen molar-refractivity contribution in [1.82, 2.24) is 4.98 Å². The molecule has 0 spiro atoms. The number of thiazole rings is 1. The quantitative estimate of drug-likeness (QED) is 0.360. The van der Waals surface area contributed by atoms with E-state index in [0.29, 0.717) is 5.13 Å². The molecule has 0 aliphatic heterocycles. The van der Waals surface area contributed by atoms with Gasteiger partial charge in [-0.2, -0.15) is 0 Å². The summed E-state index contributed by atoms with van der Waals surface area (Å²) in [6.45, 7) is 1.34. The van der Waals surface area contributed by atoms with E-state index in [4.69, 9.17) is 14.7 Å². The normalized spacial score (nSPS) is 10.8. The van der Waals surface area contributed by atoms with Crippen LogP contribution in [0.4, 0.5) is 5.13 Å². The van der Waals surface area contributed by atoms with Crippen LogP contribution < -0.4 is 14.6 Å². The molecule has 0 saturated carbocycles. The Hall–Kier alpha value is -3.72. The number of ether oxygens (including phenoxy) is 1. The molecule has 9 heteroatoms. The molecule has 1 amide bonds. The number of carboxylic acid groups (broad SMARTS) is 1. The lowest BCUT2D eigenvalue weighted by molar-refractivity contribution is -0.131. The van der Waals surface area contributed by atoms with Gasteiger partial charge in [0.05, 0.1) is 17.3 Å². The zero-order valence-electron chi connectivity index (χ0n) is 15.5. The Morgan fingerprint density at radius 1 is 1.10 bits per heavy atom. The van der Waals surface area contributed by atoms with E-state index in [1.807, 2.05) is 24.3 Å². The minimum absolute atomic E-state index is 0.195. The highest BCUT2D eigenvalue weighted by atomic mass is 32.1. The lowest BCUT2D eigenvalue weighted by atomic mass is 10.1. The number of carbonyl (C=O) groups excluding carboxylic acids is 2. The number of carbonyl (C=O) groups is 3. The molecule has 2 aromatic carbocycles. The number of nitrogens with zero attached hydrogens (tertiary/aromatic N) is 2. The summed E-state index contributed by atoms with van der Waals surface area (Å²) in [5.41, 5.74) is 0.946. The van der Waals surface area contributed by atoms with E-state index in [9.17, 15) is 14.4 Å². The number of rotatable bonds is 7. The first-order valence-corrected chi connectivity index (χ1v) is 9.18. The highest BCUT2D eigenvalue weighted by Crippen LogP contribution is 2.33. The summed E-state index contributed by atoms with van der Waals surface area (Å²) in [4.78, 5) is 44.9. The Morgan fingerprint density at radius 3 is 2.52 bits per heavy atom. The van der Waals surface area contributed by atoms with Gasteiger partial charge in [0, 0.05) is 18.6 Å². The predicted octanol–water partition coefficient (Wildman–Crippen LogP) is 3.48. The predicted molar refractivity (Wildman–Crippen MR) is 108 cm³/mol. The molecule has 3 rings (SSSR count). The highest BCUT2D eigenvalue weighted by Gasteiger charge is 2.21. The molecule has 1 aromatic heterocycles. The van der Waals surface area contributed by atoms with Crippen molar-refractivity contribution in [3.63, 3.8) is 0 Å². The van der Waals surface area contributed by atoms with Crippen LogP contribution in [0.3, 0.4) is 0 Å². The minimum atomic E-state index is -1.22. The van der Waals surface area contributed by atoms with E-state index in [2.05, 4.69) is 4.98 Å². The standard InChI is InChI=1S/C20H16N2O6S/c1-12(23)22(20-21-14-5-3-4-6-18(14)29-20)28-16-9-7-13(11-17(16)27-2)15(24)8-10-19(25)26/h3-11H,1-2H3,(H,25,26)/b10-8+. The largest absolute Gasteiger partial charge is 0.493 e. The van der Waals surface area contributed by atoms with Gasteiger partial charge in [-0.1, -0.05) is 23.5 Å². The number of hydrogen-bond donors (Lipinski definition) is 1. The van der Waals surface area contributed by atoms with Gasteiger partial charge in [0.25, 0.3) is 5.91 Å². The number of para-hydroxylation sites is 1. The van der Waals surface area contributed by atoms with Gasteiger partial charge in [0.2, 0.25) is 5.13 Å². The topological polar surface area (TPSA) is 106 Å². The van der Waals surface area contributed by atoms with Gasteiger partial charge < -0.3 is 14.7 Å². The SMILES string of the molecule is COc1cc(C(=O)/C=C/C(=O)O)ccc1ON(C(C)=O)c1nc2ccccc2s1. The zero-order chi connectivity index (χ0) is 21.0. The van der Waals surface area contributed by atoms with E-state index in [1.165, 1.54) is 43.6 Å². The molecule has 8 nitrogen and oxygen atoms in total. The van der Waals surface area contributed by atoms with E-state index >= 15 is 0 Å². The molecule has 1 N–H and O–H groups in total. The average Bonchev–Trinajstić information content (AvgIpc) is 3.13. The number of allylic oxidation sites excluding steroid dienone is 1. The van der Waals surface area contributed by atoms with Gasteiger partial charge in [0.15, 0.2) is 17.3 Å². The number of aromatic nitrogens is 1. The van der Waals surface area contributed by atoms with Crippen LogP contribution in [-0.2, 0) is 9.59 Å². The number of ketones is 1. The van der Waals surface area contributed by atoms with Crippen molar-refractivity contribution >= 4 is 44.3 Å². The van der Waals surface area contributed by atoms with E-state index in [-0.39, 0.29) is 17.1 Å². The van der Waals surface area contributed by atoms with Gasteiger partial charge in [-0.25, -0.2) is 9.78 Å². The fraction of sp³-hybridized carbons (Fsp3) is 0.100. The second-order valence-electron chi connectivity index (χ2n) is 5.77. The number of fused-ring (bicyclic) bond motifs is 1. The molecule has 0 aliphatic rings. The first kappa shape index (κ1) is 20.0. The van der Waals surface area contributed by atoms with E-state index in [1.54, 1.807) is 0 Å². The Bertz CT molecular complexity index is 1090. The summed E-state index contributed by atoms with van der Waals surface area (Å²) in [7, 11) is 1.39. The maximum absolute atomic E-state index is 12.2. The number of benzene rings is 2. The maximum Gasteiger partial charge on any atom is 0.328 e. The smallest absolute Gasteiger partial charge is 0.328 e. The lowest BCUT2D eigenvalue weighted by Gasteiger charge is -2.19. The van der Waals surface area contributed by atoms with Crippen LogP contribution >= 0.6 is 11.3 Å². The monoisotopic (exact) mass is 412 g/mol. The van der Waals surface area contributed by atoms with Crippen molar-refractivity contribution in [2.24, 2.45) is 0 Å². The van der Waals surface area contributed by atoms with Crippen LogP contribution in [-0.4, -0.2) is 34.9 Å². The van der Waals surface area contributed by atoms with Crippen LogP contribution in [0.2, 0.25) is 0 Å². The molecule has 0 bridgehead atoms. The number of anilines is 1. The third kappa shape index (κ3) is 4.58. The molecule has 0 radical (unpaired) electrons. The summed E-state index contributed by atoms with van der Waals surface area (Å²) in [5, 5.41) is 10.0. The molecule has 0 saturated heterocycles. The summed E-state index contributed by atoms with van der Waals surface area (Å²) < 4.78 is 6.16. The first-order chi connectivity index (χ1) is 13.9. The molecule has 0 unspecified atom stereocenters. The van der Waals surface area contributed by atoms with Gasteiger partial charge in [0.1, 0.15) is 0 Å². The third-order valence-corrected chi connectivity index (χ3v) is 4.76. The molecule has 3 aromatic rings. The molecular weight excluding hydrogens is 396 g/mol. The second kappa shape index (κ2) is 8.53. The zero-order valence-corrected chi connectivity index (χ0v) is 16.3. The van der Waals surface area contributed by atoms with Crippen LogP contribution in [0.1, 0.15) is 17.3 Å². The van der Waals surface area contributed by atoms with Gasteiger partial charge in [-0.15, -0.1) is 5.06 Å². The van der Waals surface area contributed by atoms with Crippen molar-refractivity contribution in [3.8, 4) is 11.5 Å². The second-order valence-corrected chi connectivity index (χ2v) is 6.78. The fourth-order valence-corrected chi connectivity index (χ4v) is 3.38. The van der Waals surface area contributed by atoms with Gasteiger partial charge in [-0.3, -0.25) is 9.59 Å². The molecule has 0 atom stereocenters. The van der Waals surface area contributed by atoms with Crippen molar-refractivity contribution in [2.75, 3.05) is 12.2 Å². The number of hydroxylamine groups is 1. The summed E-state index contributed by atoms with van der Waals surface area (Å²) in [6, 6.07) is 11.8. The Balaban J connectivity index is 1.91. The maximum atomic E-state index is 12.2. The van der Waals surface area contributed by atoms with Gasteiger partial charge >= 0.3 is 5.97 Å². The number of aliphatic carboxylic acids is 1. The average molecular weight is 412 g/mol. The molecule has 29 heavy (non-hydrogen) atoms. The number of amides is 1. The van der Waals surface area contributed by atoms with Gasteiger partial charge in [-0.05, 0) is 36.4 Å². The molecule has 0 fully saturated rings. The Kier molecular flexibility index (Phi) is 5.89. The van der Waals surface area contributed by atoms with E-state index in [0.717, 1.165) is 27.4 Å². The summed E-state index contributed by atoms with van der Waals surface area (Å²) in [5.74, 6) is -1.73. The number of methoxy groups -OCH3 is 1. The summed E-state index contributed by atoms with van der Waals surface area (Å²) >= 11 is 1.29. The lowest BCUT2D eigenvalue weighted by Crippen LogP contribution is -2.32. The minimum Gasteiger partial charge on any atom is -0.493 e. The number of carboxylic acids is 1. The van der Waals surface area contributed by atoms with Crippen LogP contribution in [0.25, 0.3) is 10.2 Å². The Labute approximate surface area is 169 Å². The van der Waals surface area contributed by atoms with Crippen molar-refractivity contribution in [3.05, 3.63) is 60.2 Å². The van der Waals surface area contributed by atoms with Crippen molar-refractivity contribution < 1.29 is 29.1 Å². The van der Waals surface area contributed by atoms with E-state index < -0.39 is 17.7 Å². The third-order valence-electron chi connectivity index (χ3n) is 3.76. The van der Waals surface area contributed by atoms with Crippen LogP contribution in [0.5, 0.6) is 11.5 Å². The molecule has 1 heterocycles. The fourth-order valence-electron chi connectivity index (χ4n) is 2.42. The Morgan fingerprint density at radius 2 is 1.86 bits per heavy atom. The first-order valence-electron chi connectivity index (χ1n) is 8.36. The summed E-state index contributed by atoms with van der Waals surface area (Å²) in [6.07, 6.45) is 1.70. The number of hydrogen-bond acceptors (Lipinski definition) is 7. The van der Waals surface area contributed by atoms with Crippen LogP contribution in [0.15, 0.2) is 54.6 Å².